The summed E-state index contributed by atoms with van der Waals surface area (Å²) in [6.07, 6.45) is 1.64. The molecule has 0 fully saturated rings. The SMILES string of the molecule is Cc1nn(C)c(C)c1Cc1sc2c(CC(C)C)nn(C)c(=O)c2c1Br. The number of aromatic nitrogens is 4. The van der Waals surface area contributed by atoms with Gasteiger partial charge in [0.05, 0.1) is 21.5 Å². The van der Waals surface area contributed by atoms with Crippen LogP contribution in [-0.2, 0) is 26.9 Å². The van der Waals surface area contributed by atoms with Crippen LogP contribution in [0.25, 0.3) is 10.1 Å². The van der Waals surface area contributed by atoms with Gasteiger partial charge in [0.2, 0.25) is 0 Å². The van der Waals surface area contributed by atoms with Gasteiger partial charge in [-0.25, -0.2) is 4.68 Å². The largest absolute Gasteiger partial charge is 0.276 e. The minimum Gasteiger partial charge on any atom is -0.272 e. The molecule has 0 aliphatic rings. The standard InChI is InChI=1S/C18H23BrN4OS/c1-9(2)7-13-17-15(18(24)23(6)21-13)16(19)14(25-17)8-12-10(3)20-22(5)11(12)4/h9H,7-8H2,1-6H3. The van der Waals surface area contributed by atoms with E-state index in [9.17, 15) is 4.79 Å². The zero-order chi connectivity index (χ0) is 18.5. The summed E-state index contributed by atoms with van der Waals surface area (Å²) in [5, 5.41) is 9.78. The van der Waals surface area contributed by atoms with Crippen LogP contribution >= 0.6 is 27.3 Å². The second kappa shape index (κ2) is 6.68. The van der Waals surface area contributed by atoms with E-state index < -0.39 is 0 Å². The van der Waals surface area contributed by atoms with Gasteiger partial charge in [0.25, 0.3) is 5.56 Å². The highest BCUT2D eigenvalue weighted by molar-refractivity contribution is 9.10. The van der Waals surface area contributed by atoms with Crippen LogP contribution in [0.4, 0.5) is 0 Å². The van der Waals surface area contributed by atoms with Crippen LogP contribution in [0.1, 0.15) is 41.4 Å². The Morgan fingerprint density at radius 3 is 2.40 bits per heavy atom. The molecule has 0 N–H and O–H groups in total. The van der Waals surface area contributed by atoms with Crippen LogP contribution in [0.5, 0.6) is 0 Å². The normalized spacial score (nSPS) is 11.8. The molecule has 134 valence electrons. The molecular formula is C18H23BrN4OS. The Kier molecular flexibility index (Phi) is 4.90. The van der Waals surface area contributed by atoms with E-state index in [0.29, 0.717) is 5.92 Å². The van der Waals surface area contributed by atoms with E-state index in [0.717, 1.165) is 49.4 Å². The van der Waals surface area contributed by atoms with E-state index >= 15 is 0 Å². The minimum atomic E-state index is -0.0449. The summed E-state index contributed by atoms with van der Waals surface area (Å²) >= 11 is 5.37. The highest BCUT2D eigenvalue weighted by atomic mass is 79.9. The van der Waals surface area contributed by atoms with Gasteiger partial charge in [0.1, 0.15) is 0 Å². The Morgan fingerprint density at radius 1 is 1.16 bits per heavy atom. The second-order valence-electron chi connectivity index (χ2n) is 6.97. The van der Waals surface area contributed by atoms with Crippen molar-refractivity contribution in [3.63, 3.8) is 0 Å². The monoisotopic (exact) mass is 422 g/mol. The lowest BCUT2D eigenvalue weighted by atomic mass is 10.1. The van der Waals surface area contributed by atoms with Crippen molar-refractivity contribution in [2.24, 2.45) is 20.0 Å². The van der Waals surface area contributed by atoms with Gasteiger partial charge < -0.3 is 0 Å². The topological polar surface area (TPSA) is 52.7 Å². The maximum atomic E-state index is 12.7. The maximum absolute atomic E-state index is 12.7. The highest BCUT2D eigenvalue weighted by Crippen LogP contribution is 2.37. The minimum absolute atomic E-state index is 0.0449. The van der Waals surface area contributed by atoms with E-state index in [2.05, 4.69) is 46.9 Å². The summed E-state index contributed by atoms with van der Waals surface area (Å²) in [4.78, 5) is 13.8. The Balaban J connectivity index is 2.19. The molecule has 0 spiro atoms. The van der Waals surface area contributed by atoms with Crippen molar-refractivity contribution in [3.05, 3.63) is 42.3 Å². The Labute approximate surface area is 159 Å². The Morgan fingerprint density at radius 2 is 1.84 bits per heavy atom. The molecule has 3 rings (SSSR count). The average Bonchev–Trinajstić information content (AvgIpc) is 2.97. The van der Waals surface area contributed by atoms with Crippen LogP contribution in [-0.4, -0.2) is 19.6 Å². The molecule has 3 heterocycles. The average molecular weight is 423 g/mol. The number of hydrogen-bond donors (Lipinski definition) is 0. The molecule has 0 amide bonds. The number of rotatable bonds is 4. The first-order valence-corrected chi connectivity index (χ1v) is 9.97. The van der Waals surface area contributed by atoms with Gasteiger partial charge in [0.15, 0.2) is 0 Å². The predicted octanol–water partition coefficient (Wildman–Crippen LogP) is 3.90. The second-order valence-corrected chi connectivity index (χ2v) is 8.86. The quantitative estimate of drug-likeness (QED) is 0.640. The summed E-state index contributed by atoms with van der Waals surface area (Å²) < 4.78 is 5.29. The lowest BCUT2D eigenvalue weighted by Gasteiger charge is -2.07. The fourth-order valence-corrected chi connectivity index (χ4v) is 5.22. The molecule has 0 radical (unpaired) electrons. The summed E-state index contributed by atoms with van der Waals surface area (Å²) in [6.45, 7) is 8.46. The molecular weight excluding hydrogens is 400 g/mol. The summed E-state index contributed by atoms with van der Waals surface area (Å²) in [6, 6.07) is 0. The van der Waals surface area contributed by atoms with Gasteiger partial charge >= 0.3 is 0 Å². The molecule has 7 heteroatoms. The van der Waals surface area contributed by atoms with Crippen LogP contribution in [0.2, 0.25) is 0 Å². The molecule has 5 nitrogen and oxygen atoms in total. The number of fused-ring (bicyclic) bond motifs is 1. The van der Waals surface area contributed by atoms with Crippen molar-refractivity contribution < 1.29 is 0 Å². The molecule has 25 heavy (non-hydrogen) atoms. The highest BCUT2D eigenvalue weighted by Gasteiger charge is 2.21. The van der Waals surface area contributed by atoms with E-state index in [4.69, 9.17) is 0 Å². The van der Waals surface area contributed by atoms with Crippen molar-refractivity contribution in [1.29, 1.82) is 0 Å². The fraction of sp³-hybridized carbons (Fsp3) is 0.500. The van der Waals surface area contributed by atoms with E-state index in [1.54, 1.807) is 18.4 Å². The van der Waals surface area contributed by atoms with Crippen molar-refractivity contribution in [2.75, 3.05) is 0 Å². The van der Waals surface area contributed by atoms with Crippen LogP contribution in [0.15, 0.2) is 9.27 Å². The molecule has 0 saturated heterocycles. The van der Waals surface area contributed by atoms with Crippen LogP contribution in [0, 0.1) is 19.8 Å². The van der Waals surface area contributed by atoms with Gasteiger partial charge in [-0.1, -0.05) is 13.8 Å². The van der Waals surface area contributed by atoms with Crippen molar-refractivity contribution >= 4 is 37.4 Å². The summed E-state index contributed by atoms with van der Waals surface area (Å²) in [5.74, 6) is 0.486. The third-order valence-corrected chi connectivity index (χ3v) is 6.93. The van der Waals surface area contributed by atoms with Gasteiger partial charge in [-0.15, -0.1) is 11.3 Å². The first-order valence-electron chi connectivity index (χ1n) is 8.36. The third-order valence-electron chi connectivity index (χ3n) is 4.56. The van der Waals surface area contributed by atoms with Gasteiger partial charge in [-0.2, -0.15) is 10.2 Å². The summed E-state index contributed by atoms with van der Waals surface area (Å²) in [5.41, 5.74) is 4.39. The summed E-state index contributed by atoms with van der Waals surface area (Å²) in [7, 11) is 3.69. The molecule has 0 aliphatic heterocycles. The number of halogens is 1. The Hall–Kier alpha value is -1.47. The van der Waals surface area contributed by atoms with Crippen molar-refractivity contribution in [3.8, 4) is 0 Å². The number of thiophene rings is 1. The fourth-order valence-electron chi connectivity index (χ4n) is 3.15. The van der Waals surface area contributed by atoms with Gasteiger partial charge in [0, 0.05) is 41.1 Å². The van der Waals surface area contributed by atoms with Crippen molar-refractivity contribution in [1.82, 2.24) is 19.6 Å². The molecule has 3 aromatic rings. The lowest BCUT2D eigenvalue weighted by Crippen LogP contribution is -2.21. The smallest absolute Gasteiger partial charge is 0.272 e. The van der Waals surface area contributed by atoms with Gasteiger partial charge in [-0.05, 0) is 42.1 Å². The molecule has 0 atom stereocenters. The number of nitrogens with zero attached hydrogens (tertiary/aromatic N) is 4. The van der Waals surface area contributed by atoms with Crippen LogP contribution < -0.4 is 5.56 Å². The molecule has 0 saturated carbocycles. The molecule has 0 aliphatic carbocycles. The number of hydrogen-bond acceptors (Lipinski definition) is 4. The predicted molar refractivity (Wildman–Crippen MR) is 107 cm³/mol. The van der Waals surface area contributed by atoms with E-state index in [1.165, 1.54) is 10.2 Å². The Bertz CT molecular complexity index is 1010. The number of aryl methyl sites for hydroxylation is 3. The first-order chi connectivity index (χ1) is 11.7. The maximum Gasteiger partial charge on any atom is 0.276 e. The zero-order valence-electron chi connectivity index (χ0n) is 15.5. The molecule has 0 aromatic carbocycles. The van der Waals surface area contributed by atoms with E-state index in [-0.39, 0.29) is 5.56 Å². The zero-order valence-corrected chi connectivity index (χ0v) is 17.9. The third kappa shape index (κ3) is 3.19. The first kappa shape index (κ1) is 18.3. The van der Waals surface area contributed by atoms with E-state index in [1.807, 2.05) is 18.7 Å². The molecule has 0 bridgehead atoms. The van der Waals surface area contributed by atoms with Crippen molar-refractivity contribution in [2.45, 2.75) is 40.5 Å². The molecule has 0 unspecified atom stereocenters. The van der Waals surface area contributed by atoms with Crippen LogP contribution in [0.3, 0.4) is 0 Å². The lowest BCUT2D eigenvalue weighted by molar-refractivity contribution is 0.606. The molecule has 3 aromatic heterocycles. The van der Waals surface area contributed by atoms with Gasteiger partial charge in [-0.3, -0.25) is 9.48 Å².